The van der Waals surface area contributed by atoms with Crippen LogP contribution in [-0.4, -0.2) is 45.6 Å². The summed E-state index contributed by atoms with van der Waals surface area (Å²) in [5.41, 5.74) is 2.36. The number of phenolic OH excluding ortho intramolecular Hbond substituents is 1. The van der Waals surface area contributed by atoms with E-state index in [2.05, 4.69) is 15.2 Å². The standard InChI is InChI=1S/C21H16ClN3O5/c1-29-15-7-11(8-16(30-2)19(15)26)14-9-13(21(27)28)17-18(24-25-20(17)23-14)10-3-5-12(22)6-4-10/h3-9,26H,1-2H3,(H,27,28)(H,23,24,25). The SMILES string of the molecule is COc1cc(-c2cc(C(=O)O)c3c(-c4ccc(Cl)cc4)[nH]nc3n2)cc(OC)c1O. The predicted molar refractivity (Wildman–Crippen MR) is 111 cm³/mol. The molecule has 3 N–H and O–H groups in total. The fraction of sp³-hybridized carbons (Fsp3) is 0.0952. The second-order valence-corrected chi connectivity index (χ2v) is 6.83. The molecule has 0 aliphatic rings. The number of rotatable bonds is 5. The predicted octanol–water partition coefficient (Wildman–Crippen LogP) is 4.37. The number of carboxylic acids is 1. The van der Waals surface area contributed by atoms with Crippen LogP contribution in [0.15, 0.2) is 42.5 Å². The van der Waals surface area contributed by atoms with Crippen molar-refractivity contribution in [1.29, 1.82) is 0 Å². The van der Waals surface area contributed by atoms with Crippen molar-refractivity contribution in [2.45, 2.75) is 0 Å². The summed E-state index contributed by atoms with van der Waals surface area (Å²) >= 11 is 5.95. The monoisotopic (exact) mass is 425 g/mol. The van der Waals surface area contributed by atoms with Crippen LogP contribution >= 0.6 is 11.6 Å². The zero-order valence-electron chi connectivity index (χ0n) is 15.9. The van der Waals surface area contributed by atoms with E-state index in [-0.39, 0.29) is 28.5 Å². The van der Waals surface area contributed by atoms with Crippen LogP contribution in [0.3, 0.4) is 0 Å². The maximum atomic E-state index is 12.1. The second-order valence-electron chi connectivity index (χ2n) is 6.39. The number of hydrogen-bond acceptors (Lipinski definition) is 6. The average molecular weight is 426 g/mol. The molecule has 0 amide bonds. The van der Waals surface area contributed by atoms with Gasteiger partial charge in [0.1, 0.15) is 0 Å². The molecule has 0 saturated carbocycles. The van der Waals surface area contributed by atoms with Gasteiger partial charge in [0.05, 0.1) is 36.6 Å². The maximum absolute atomic E-state index is 12.1. The molecule has 30 heavy (non-hydrogen) atoms. The molecule has 4 rings (SSSR count). The fourth-order valence-electron chi connectivity index (χ4n) is 3.21. The van der Waals surface area contributed by atoms with Gasteiger partial charge >= 0.3 is 5.97 Å². The molecule has 2 aromatic carbocycles. The van der Waals surface area contributed by atoms with Crippen LogP contribution < -0.4 is 9.47 Å². The molecular weight excluding hydrogens is 410 g/mol. The number of nitrogens with zero attached hydrogens (tertiary/aromatic N) is 2. The van der Waals surface area contributed by atoms with Gasteiger partial charge in [-0.15, -0.1) is 0 Å². The molecule has 0 aliphatic carbocycles. The van der Waals surface area contributed by atoms with Crippen LogP contribution in [0, 0.1) is 0 Å². The topological polar surface area (TPSA) is 118 Å². The van der Waals surface area contributed by atoms with Gasteiger partial charge in [-0.25, -0.2) is 9.78 Å². The van der Waals surface area contributed by atoms with E-state index in [1.807, 2.05) is 0 Å². The zero-order chi connectivity index (χ0) is 21.4. The van der Waals surface area contributed by atoms with Gasteiger partial charge in [0.25, 0.3) is 0 Å². The number of aromatic amines is 1. The molecule has 152 valence electrons. The number of aromatic nitrogens is 3. The van der Waals surface area contributed by atoms with E-state index in [4.69, 9.17) is 21.1 Å². The van der Waals surface area contributed by atoms with Gasteiger partial charge in [-0.05, 0) is 30.3 Å². The molecule has 9 heteroatoms. The molecule has 0 spiro atoms. The minimum absolute atomic E-state index is 0.0275. The number of aromatic hydroxyl groups is 1. The number of H-pyrrole nitrogens is 1. The number of carbonyl (C=O) groups is 1. The van der Waals surface area contributed by atoms with Crippen molar-refractivity contribution in [2.75, 3.05) is 14.2 Å². The number of phenols is 1. The Labute approximate surface area is 175 Å². The van der Waals surface area contributed by atoms with Crippen LogP contribution in [0.5, 0.6) is 17.2 Å². The molecule has 0 radical (unpaired) electrons. The summed E-state index contributed by atoms with van der Waals surface area (Å²) in [5, 5.41) is 28.0. The highest BCUT2D eigenvalue weighted by atomic mass is 35.5. The molecule has 0 bridgehead atoms. The third-order valence-corrected chi connectivity index (χ3v) is 4.91. The summed E-state index contributed by atoms with van der Waals surface area (Å²) in [5.74, 6) is -0.940. The molecule has 0 fully saturated rings. The number of ether oxygens (including phenoxy) is 2. The first-order valence-corrected chi connectivity index (χ1v) is 9.14. The fourth-order valence-corrected chi connectivity index (χ4v) is 3.33. The van der Waals surface area contributed by atoms with Gasteiger partial charge in [0.15, 0.2) is 17.1 Å². The van der Waals surface area contributed by atoms with Gasteiger partial charge in [0, 0.05) is 16.1 Å². The summed E-state index contributed by atoms with van der Waals surface area (Å²) in [6.45, 7) is 0. The molecule has 0 unspecified atom stereocenters. The van der Waals surface area contributed by atoms with Gasteiger partial charge in [0.2, 0.25) is 5.75 Å². The Balaban J connectivity index is 1.95. The third kappa shape index (κ3) is 3.27. The lowest BCUT2D eigenvalue weighted by molar-refractivity contribution is 0.0699. The van der Waals surface area contributed by atoms with Gasteiger partial charge in [-0.2, -0.15) is 5.10 Å². The normalized spacial score (nSPS) is 10.9. The lowest BCUT2D eigenvalue weighted by Crippen LogP contribution is -2.00. The first kappa shape index (κ1) is 19.5. The molecule has 0 saturated heterocycles. The molecule has 8 nitrogen and oxygen atoms in total. The number of hydrogen-bond donors (Lipinski definition) is 3. The van der Waals surface area contributed by atoms with Crippen LogP contribution in [-0.2, 0) is 0 Å². The maximum Gasteiger partial charge on any atom is 0.336 e. The smallest absolute Gasteiger partial charge is 0.336 e. The number of aromatic carboxylic acids is 1. The first-order valence-electron chi connectivity index (χ1n) is 8.76. The number of carboxylic acid groups (broad SMARTS) is 1. The van der Waals surface area contributed by atoms with E-state index in [1.165, 1.54) is 20.3 Å². The number of nitrogens with one attached hydrogen (secondary N) is 1. The van der Waals surface area contributed by atoms with E-state index in [0.717, 1.165) is 5.56 Å². The van der Waals surface area contributed by atoms with E-state index in [0.29, 0.717) is 27.4 Å². The highest BCUT2D eigenvalue weighted by molar-refractivity contribution is 6.30. The van der Waals surface area contributed by atoms with Crippen molar-refractivity contribution >= 4 is 28.6 Å². The van der Waals surface area contributed by atoms with Crippen LogP contribution in [0.25, 0.3) is 33.5 Å². The zero-order valence-corrected chi connectivity index (χ0v) is 16.7. The molecule has 2 aromatic heterocycles. The first-order chi connectivity index (χ1) is 14.4. The summed E-state index contributed by atoms with van der Waals surface area (Å²) < 4.78 is 10.4. The number of benzene rings is 2. The van der Waals surface area contributed by atoms with E-state index in [9.17, 15) is 15.0 Å². The lowest BCUT2D eigenvalue weighted by Gasteiger charge is -2.11. The quantitative estimate of drug-likeness (QED) is 0.434. The highest BCUT2D eigenvalue weighted by Crippen LogP contribution is 2.41. The van der Waals surface area contributed by atoms with E-state index in [1.54, 1.807) is 36.4 Å². The number of fused-ring (bicyclic) bond motifs is 1. The van der Waals surface area contributed by atoms with Crippen molar-refractivity contribution in [1.82, 2.24) is 15.2 Å². The Kier molecular flexibility index (Phi) is 4.93. The van der Waals surface area contributed by atoms with E-state index >= 15 is 0 Å². The summed E-state index contributed by atoms with van der Waals surface area (Å²) in [4.78, 5) is 16.6. The van der Waals surface area contributed by atoms with E-state index < -0.39 is 5.97 Å². The second kappa shape index (κ2) is 7.57. The van der Waals surface area contributed by atoms with Crippen molar-refractivity contribution < 1.29 is 24.5 Å². The third-order valence-electron chi connectivity index (χ3n) is 4.66. The van der Waals surface area contributed by atoms with Gasteiger partial charge in [-0.3, -0.25) is 5.10 Å². The Morgan fingerprint density at radius 3 is 2.23 bits per heavy atom. The lowest BCUT2D eigenvalue weighted by atomic mass is 10.0. The Morgan fingerprint density at radius 1 is 1.03 bits per heavy atom. The number of methoxy groups -OCH3 is 2. The summed E-state index contributed by atoms with van der Waals surface area (Å²) in [7, 11) is 2.81. The van der Waals surface area contributed by atoms with Crippen LogP contribution in [0.2, 0.25) is 5.02 Å². The van der Waals surface area contributed by atoms with Crippen molar-refractivity contribution in [3.8, 4) is 39.8 Å². The molecule has 4 aromatic rings. The van der Waals surface area contributed by atoms with Crippen LogP contribution in [0.1, 0.15) is 10.4 Å². The van der Waals surface area contributed by atoms with Crippen LogP contribution in [0.4, 0.5) is 0 Å². The van der Waals surface area contributed by atoms with Crippen molar-refractivity contribution in [2.24, 2.45) is 0 Å². The van der Waals surface area contributed by atoms with Gasteiger partial charge < -0.3 is 19.7 Å². The summed E-state index contributed by atoms with van der Waals surface area (Å²) in [6, 6.07) is 11.5. The Morgan fingerprint density at radius 2 is 1.67 bits per heavy atom. The summed E-state index contributed by atoms with van der Waals surface area (Å²) in [6.07, 6.45) is 0. The Hall–Kier alpha value is -3.78. The molecule has 2 heterocycles. The van der Waals surface area contributed by atoms with Crippen molar-refractivity contribution in [3.05, 3.63) is 53.1 Å². The highest BCUT2D eigenvalue weighted by Gasteiger charge is 2.21. The minimum Gasteiger partial charge on any atom is -0.502 e. The molecular formula is C21H16ClN3O5. The molecule has 0 aliphatic heterocycles. The largest absolute Gasteiger partial charge is 0.502 e. The average Bonchev–Trinajstić information content (AvgIpc) is 3.17. The Bertz CT molecular complexity index is 1240. The van der Waals surface area contributed by atoms with Gasteiger partial charge in [-0.1, -0.05) is 23.7 Å². The van der Waals surface area contributed by atoms with Crippen molar-refractivity contribution in [3.63, 3.8) is 0 Å². The molecule has 0 atom stereocenters. The number of halogens is 1. The minimum atomic E-state index is -1.13. The number of pyridine rings is 1.